The second kappa shape index (κ2) is 14.6. The molecule has 1 atom stereocenters. The number of aryl methyl sites for hydroxylation is 2. The second-order valence-corrected chi connectivity index (χ2v) is 14.6. The maximum atomic E-state index is 13.5. The van der Waals surface area contributed by atoms with E-state index in [-0.39, 0.29) is 23.6 Å². The van der Waals surface area contributed by atoms with Crippen LogP contribution in [-0.2, 0) is 16.6 Å². The highest BCUT2D eigenvalue weighted by Crippen LogP contribution is 2.36. The zero-order valence-electron chi connectivity index (χ0n) is 29.7. The average molecular weight is 737 g/mol. The van der Waals surface area contributed by atoms with Gasteiger partial charge in [0.05, 0.1) is 35.3 Å². The van der Waals surface area contributed by atoms with E-state index in [1.54, 1.807) is 35.1 Å². The van der Waals surface area contributed by atoms with Crippen LogP contribution < -0.4 is 15.0 Å². The largest absolute Gasteiger partial charge is 0.453 e. The van der Waals surface area contributed by atoms with Crippen molar-refractivity contribution in [3.63, 3.8) is 0 Å². The fourth-order valence-corrected chi connectivity index (χ4v) is 7.81. The molecule has 3 aliphatic heterocycles. The molecule has 0 spiro atoms. The lowest BCUT2D eigenvalue weighted by Crippen LogP contribution is -2.50. The standard InChI is InChI=1S/C38H41ClN10O4/c1-23-30(22-46(2)45-23)35-43-33-34(31(39)20-41-36(33)44-35)53-28-5-3-25(4-6-28)38(52)49-15-13-47(14-16-49)21-24-9-11-48(12-10-24)27-17-26(18-40-19-27)29-7-8-32(50)42-37(29)51/h3-6,17-20,22,24,29H,7-16,21H2,1-2H3,(H,41,43,44)(H,42,50,51)/t29-/m0/s1. The van der Waals surface area contributed by atoms with Crippen molar-refractivity contribution >= 4 is 46.2 Å². The van der Waals surface area contributed by atoms with Crippen LogP contribution in [0.25, 0.3) is 22.6 Å². The van der Waals surface area contributed by atoms with Gasteiger partial charge in [-0.2, -0.15) is 5.10 Å². The molecule has 3 aliphatic rings. The van der Waals surface area contributed by atoms with E-state index in [4.69, 9.17) is 16.3 Å². The molecular weight excluding hydrogens is 696 g/mol. The van der Waals surface area contributed by atoms with Gasteiger partial charge in [-0.3, -0.25) is 34.3 Å². The molecule has 0 unspecified atom stereocenters. The third-order valence-corrected chi connectivity index (χ3v) is 10.8. The first-order valence-corrected chi connectivity index (χ1v) is 18.4. The summed E-state index contributed by atoms with van der Waals surface area (Å²) in [7, 11) is 1.86. The van der Waals surface area contributed by atoms with Gasteiger partial charge in [-0.05, 0) is 68.0 Å². The van der Waals surface area contributed by atoms with Crippen LogP contribution in [0.5, 0.6) is 11.5 Å². The highest BCUT2D eigenvalue weighted by Gasteiger charge is 2.30. The fraction of sp³-hybridized carbons (Fsp3) is 0.395. The fourth-order valence-electron chi connectivity index (χ4n) is 7.63. The summed E-state index contributed by atoms with van der Waals surface area (Å²) in [6.45, 7) is 7.82. The molecule has 7 heterocycles. The number of piperazine rings is 1. The first-order chi connectivity index (χ1) is 25.7. The number of nitrogens with one attached hydrogen (secondary N) is 2. The highest BCUT2D eigenvalue weighted by molar-refractivity contribution is 6.32. The normalized spacial score (nSPS) is 18.8. The van der Waals surface area contributed by atoms with Crippen LogP contribution in [0.1, 0.15) is 53.2 Å². The Morgan fingerprint density at radius 3 is 2.49 bits per heavy atom. The van der Waals surface area contributed by atoms with Crippen LogP contribution in [0.3, 0.4) is 0 Å². The van der Waals surface area contributed by atoms with E-state index in [0.717, 1.165) is 68.1 Å². The Balaban J connectivity index is 0.823. The summed E-state index contributed by atoms with van der Waals surface area (Å²) in [4.78, 5) is 60.9. The number of anilines is 1. The minimum absolute atomic E-state index is 0.00652. The van der Waals surface area contributed by atoms with E-state index in [1.807, 2.05) is 31.3 Å². The molecule has 3 amide bonds. The van der Waals surface area contributed by atoms with E-state index < -0.39 is 0 Å². The number of ether oxygens (including phenoxy) is 1. The molecule has 15 heteroatoms. The van der Waals surface area contributed by atoms with Gasteiger partial charge < -0.3 is 19.5 Å². The van der Waals surface area contributed by atoms with Gasteiger partial charge in [-0.1, -0.05) is 11.6 Å². The smallest absolute Gasteiger partial charge is 0.253 e. The Labute approximate surface area is 311 Å². The van der Waals surface area contributed by atoms with Crippen molar-refractivity contribution in [2.45, 2.75) is 38.5 Å². The molecule has 0 bridgehead atoms. The van der Waals surface area contributed by atoms with E-state index >= 15 is 0 Å². The van der Waals surface area contributed by atoms with E-state index in [1.165, 1.54) is 6.20 Å². The van der Waals surface area contributed by atoms with Crippen molar-refractivity contribution in [2.24, 2.45) is 13.0 Å². The Morgan fingerprint density at radius 2 is 1.77 bits per heavy atom. The molecule has 14 nitrogen and oxygen atoms in total. The number of hydrogen-bond donors (Lipinski definition) is 2. The van der Waals surface area contributed by atoms with Crippen molar-refractivity contribution in [3.8, 4) is 22.9 Å². The van der Waals surface area contributed by atoms with E-state index in [2.05, 4.69) is 46.2 Å². The van der Waals surface area contributed by atoms with Gasteiger partial charge in [0, 0.05) is 77.2 Å². The Hall–Kier alpha value is -5.34. The van der Waals surface area contributed by atoms with Crippen molar-refractivity contribution in [1.82, 2.24) is 44.8 Å². The number of imide groups is 1. The number of carbonyl (C=O) groups is 3. The second-order valence-electron chi connectivity index (χ2n) is 14.2. The number of imidazole rings is 1. The summed E-state index contributed by atoms with van der Waals surface area (Å²) < 4.78 is 7.95. The lowest BCUT2D eigenvalue weighted by molar-refractivity contribution is -0.134. The molecular formula is C38H41ClN10O4. The maximum absolute atomic E-state index is 13.5. The minimum Gasteiger partial charge on any atom is -0.453 e. The Bertz CT molecular complexity index is 2170. The van der Waals surface area contributed by atoms with Crippen LogP contribution in [0.15, 0.2) is 55.1 Å². The molecule has 2 N–H and O–H groups in total. The van der Waals surface area contributed by atoms with Gasteiger partial charge in [0.25, 0.3) is 5.91 Å². The predicted molar refractivity (Wildman–Crippen MR) is 199 cm³/mol. The third kappa shape index (κ3) is 7.33. The maximum Gasteiger partial charge on any atom is 0.253 e. The number of carbonyl (C=O) groups excluding carboxylic acids is 3. The molecule has 1 aromatic carbocycles. The van der Waals surface area contributed by atoms with Gasteiger partial charge in [-0.25, -0.2) is 9.97 Å². The number of aromatic amines is 1. The van der Waals surface area contributed by atoms with Crippen LogP contribution >= 0.6 is 11.6 Å². The Morgan fingerprint density at radius 1 is 1.00 bits per heavy atom. The van der Waals surface area contributed by atoms with Crippen LogP contribution in [0, 0.1) is 12.8 Å². The van der Waals surface area contributed by atoms with Gasteiger partial charge in [0.2, 0.25) is 11.8 Å². The molecule has 0 radical (unpaired) electrons. The molecule has 5 aromatic rings. The molecule has 274 valence electrons. The van der Waals surface area contributed by atoms with Crippen LogP contribution in [0.4, 0.5) is 5.69 Å². The minimum atomic E-state index is -0.333. The first-order valence-electron chi connectivity index (χ1n) is 18.1. The number of aromatic nitrogens is 6. The third-order valence-electron chi connectivity index (χ3n) is 10.6. The molecule has 4 aromatic heterocycles. The quantitative estimate of drug-likeness (QED) is 0.214. The number of pyridine rings is 2. The zero-order valence-corrected chi connectivity index (χ0v) is 30.5. The number of fused-ring (bicyclic) bond motifs is 1. The summed E-state index contributed by atoms with van der Waals surface area (Å²) in [5, 5.41) is 7.19. The van der Waals surface area contributed by atoms with Crippen molar-refractivity contribution in [2.75, 3.05) is 50.7 Å². The van der Waals surface area contributed by atoms with Gasteiger partial charge in [-0.15, -0.1) is 0 Å². The number of hydrogen-bond acceptors (Lipinski definition) is 10. The summed E-state index contributed by atoms with van der Waals surface area (Å²) >= 11 is 6.53. The summed E-state index contributed by atoms with van der Waals surface area (Å²) in [5.41, 5.74) is 5.26. The number of halogens is 1. The number of piperidine rings is 2. The number of H-pyrrole nitrogens is 1. The summed E-state index contributed by atoms with van der Waals surface area (Å²) in [6, 6.07) is 9.19. The summed E-state index contributed by atoms with van der Waals surface area (Å²) in [5.74, 6) is 1.38. The molecule has 0 saturated carbocycles. The molecule has 53 heavy (non-hydrogen) atoms. The van der Waals surface area contributed by atoms with Crippen LogP contribution in [0.2, 0.25) is 5.02 Å². The summed E-state index contributed by atoms with van der Waals surface area (Å²) in [6.07, 6.45) is 10.0. The van der Waals surface area contributed by atoms with E-state index in [0.29, 0.717) is 70.9 Å². The zero-order chi connectivity index (χ0) is 36.6. The van der Waals surface area contributed by atoms with Crippen molar-refractivity contribution in [1.29, 1.82) is 0 Å². The van der Waals surface area contributed by atoms with Gasteiger partial charge in [0.1, 0.15) is 22.1 Å². The SMILES string of the molecule is Cc1nn(C)cc1-c1nc2ncc(Cl)c(Oc3ccc(C(=O)N4CCN(CC5CCN(c6cncc([C@@H]7CCC(=O)NC7=O)c6)CC5)CC4)cc3)c2[nH]1. The molecule has 3 fully saturated rings. The van der Waals surface area contributed by atoms with Crippen molar-refractivity contribution in [3.05, 3.63) is 77.0 Å². The molecule has 0 aliphatic carbocycles. The van der Waals surface area contributed by atoms with Crippen LogP contribution in [-0.4, -0.2) is 103 Å². The lowest BCUT2D eigenvalue weighted by atomic mass is 9.91. The van der Waals surface area contributed by atoms with Gasteiger partial charge in [0.15, 0.2) is 11.4 Å². The number of benzene rings is 1. The van der Waals surface area contributed by atoms with Gasteiger partial charge >= 0.3 is 0 Å². The monoisotopic (exact) mass is 736 g/mol. The number of nitrogens with zero attached hydrogens (tertiary/aromatic N) is 8. The topological polar surface area (TPSA) is 154 Å². The van der Waals surface area contributed by atoms with E-state index in [9.17, 15) is 14.4 Å². The predicted octanol–water partition coefficient (Wildman–Crippen LogP) is 4.70. The molecule has 8 rings (SSSR count). The lowest BCUT2D eigenvalue weighted by Gasteiger charge is -2.39. The number of rotatable bonds is 8. The highest BCUT2D eigenvalue weighted by atomic mass is 35.5. The average Bonchev–Trinajstić information content (AvgIpc) is 3.75. The first kappa shape index (κ1) is 34.7. The number of amides is 3. The van der Waals surface area contributed by atoms with Crippen molar-refractivity contribution < 1.29 is 19.1 Å². The molecule has 3 saturated heterocycles. The Kier molecular flexibility index (Phi) is 9.56.